The fourth-order valence-electron chi connectivity index (χ4n) is 2.74. The third kappa shape index (κ3) is 6.24. The van der Waals surface area contributed by atoms with Crippen LogP contribution in [-0.2, 0) is 10.0 Å². The minimum atomic E-state index is -3.75. The van der Waals surface area contributed by atoms with Crippen molar-refractivity contribution in [2.45, 2.75) is 17.6 Å². The second-order valence-corrected chi connectivity index (χ2v) is 9.60. The topological polar surface area (TPSA) is 123 Å². The highest BCUT2D eigenvalue weighted by atomic mass is 32.2. The van der Waals surface area contributed by atoms with Crippen molar-refractivity contribution < 1.29 is 27.5 Å². The summed E-state index contributed by atoms with van der Waals surface area (Å²) in [6, 6.07) is 13.7. The Bertz CT molecular complexity index is 1230. The van der Waals surface area contributed by atoms with Gasteiger partial charge in [0.1, 0.15) is 4.21 Å². The van der Waals surface area contributed by atoms with Gasteiger partial charge < -0.3 is 9.47 Å². The Morgan fingerprint density at radius 2 is 1.67 bits per heavy atom. The Kier molecular flexibility index (Phi) is 7.91. The summed E-state index contributed by atoms with van der Waals surface area (Å²) in [6.07, 6.45) is 0.827. The van der Waals surface area contributed by atoms with Crippen molar-refractivity contribution in [3.8, 4) is 11.5 Å². The Balaban J connectivity index is 1.64. The molecule has 0 aliphatic rings. The smallest absolute Gasteiger partial charge is 0.271 e. The maximum absolute atomic E-state index is 12.5. The number of hydrogen-bond acceptors (Lipinski definition) is 7. The van der Waals surface area contributed by atoms with Crippen molar-refractivity contribution in [3.63, 3.8) is 0 Å². The van der Waals surface area contributed by atoms with E-state index in [0.29, 0.717) is 18.1 Å². The quantitative estimate of drug-likeness (QED) is 0.396. The number of thiophene rings is 1. The molecule has 0 radical (unpaired) electrons. The van der Waals surface area contributed by atoms with E-state index < -0.39 is 21.8 Å². The highest BCUT2D eigenvalue weighted by molar-refractivity contribution is 7.94. The number of carbonyl (C=O) groups is 2. The van der Waals surface area contributed by atoms with Gasteiger partial charge in [0.2, 0.25) is 0 Å². The molecule has 33 heavy (non-hydrogen) atoms. The molecule has 0 atom stereocenters. The van der Waals surface area contributed by atoms with E-state index in [-0.39, 0.29) is 21.0 Å². The van der Waals surface area contributed by atoms with E-state index in [1.54, 1.807) is 23.6 Å². The number of ether oxygens (including phenoxy) is 2. The van der Waals surface area contributed by atoms with E-state index >= 15 is 0 Å². The fraction of sp³-hybridized carbons (Fsp3) is 0.182. The van der Waals surface area contributed by atoms with Gasteiger partial charge in [-0.3, -0.25) is 25.2 Å². The summed E-state index contributed by atoms with van der Waals surface area (Å²) >= 11 is 1.08. The molecular formula is C22H23N3O6S2. The molecule has 0 spiro atoms. The van der Waals surface area contributed by atoms with Crippen molar-refractivity contribution in [3.05, 3.63) is 71.1 Å². The standard InChI is InChI=1S/C22H23N3O6S2/c1-3-11-31-18-10-9-16(14-19(18)30-2)22(27)24-23-21(26)15-6-4-7-17(13-15)25-33(28,29)20-8-5-12-32-20/h4-10,12-14,25H,3,11H2,1-2H3,(H,23,26)(H,24,27). The molecule has 11 heteroatoms. The van der Waals surface area contributed by atoms with Crippen LogP contribution < -0.4 is 25.0 Å². The van der Waals surface area contributed by atoms with Crippen molar-refractivity contribution in [1.29, 1.82) is 0 Å². The number of nitrogens with one attached hydrogen (secondary N) is 3. The summed E-state index contributed by atoms with van der Waals surface area (Å²) in [5.41, 5.74) is 5.28. The summed E-state index contributed by atoms with van der Waals surface area (Å²) in [7, 11) is -2.28. The van der Waals surface area contributed by atoms with Crippen LogP contribution in [0.25, 0.3) is 0 Å². The van der Waals surface area contributed by atoms with Crippen LogP contribution in [0.1, 0.15) is 34.1 Å². The van der Waals surface area contributed by atoms with E-state index in [1.165, 1.54) is 43.5 Å². The largest absolute Gasteiger partial charge is 0.493 e. The van der Waals surface area contributed by atoms with Gasteiger partial charge in [-0.05, 0) is 54.3 Å². The zero-order valence-corrected chi connectivity index (χ0v) is 19.6. The van der Waals surface area contributed by atoms with Crippen molar-refractivity contribution in [1.82, 2.24) is 10.9 Å². The van der Waals surface area contributed by atoms with Crippen LogP contribution in [-0.4, -0.2) is 33.9 Å². The predicted octanol–water partition coefficient (Wildman–Crippen LogP) is 3.42. The van der Waals surface area contributed by atoms with E-state index in [0.717, 1.165) is 17.8 Å². The highest BCUT2D eigenvalue weighted by Gasteiger charge is 2.17. The zero-order valence-electron chi connectivity index (χ0n) is 18.0. The average molecular weight is 490 g/mol. The summed E-state index contributed by atoms with van der Waals surface area (Å²) in [5, 5.41) is 1.66. The second-order valence-electron chi connectivity index (χ2n) is 6.74. The lowest BCUT2D eigenvalue weighted by Crippen LogP contribution is -2.41. The van der Waals surface area contributed by atoms with E-state index in [4.69, 9.17) is 9.47 Å². The zero-order chi connectivity index (χ0) is 23.8. The van der Waals surface area contributed by atoms with Gasteiger partial charge in [-0.1, -0.05) is 19.1 Å². The Morgan fingerprint density at radius 1 is 0.939 bits per heavy atom. The average Bonchev–Trinajstić information content (AvgIpc) is 3.37. The Labute approximate surface area is 195 Å². The normalized spacial score (nSPS) is 10.8. The van der Waals surface area contributed by atoms with Gasteiger partial charge in [0, 0.05) is 16.8 Å². The molecule has 3 N–H and O–H groups in total. The number of sulfonamides is 1. The molecule has 0 bridgehead atoms. The summed E-state index contributed by atoms with van der Waals surface area (Å²) in [4.78, 5) is 24.9. The molecule has 9 nitrogen and oxygen atoms in total. The SMILES string of the molecule is CCCOc1ccc(C(=O)NNC(=O)c2cccc(NS(=O)(=O)c3cccs3)c2)cc1OC. The Morgan fingerprint density at radius 3 is 2.30 bits per heavy atom. The van der Waals surface area contributed by atoms with Crippen molar-refractivity contribution in [2.75, 3.05) is 18.4 Å². The van der Waals surface area contributed by atoms with Crippen LogP contribution in [0, 0.1) is 0 Å². The molecule has 1 aromatic heterocycles. The van der Waals surface area contributed by atoms with Crippen molar-refractivity contribution in [2.24, 2.45) is 0 Å². The minimum absolute atomic E-state index is 0.155. The van der Waals surface area contributed by atoms with Crippen LogP contribution in [0.3, 0.4) is 0 Å². The number of methoxy groups -OCH3 is 1. The molecule has 3 aromatic rings. The predicted molar refractivity (Wildman–Crippen MR) is 125 cm³/mol. The second kappa shape index (κ2) is 10.8. The molecule has 0 aliphatic carbocycles. The lowest BCUT2D eigenvalue weighted by Gasteiger charge is -2.12. The maximum Gasteiger partial charge on any atom is 0.271 e. The Hall–Kier alpha value is -3.57. The molecule has 2 amide bonds. The first-order valence-electron chi connectivity index (χ1n) is 9.92. The molecule has 0 fully saturated rings. The molecular weight excluding hydrogens is 466 g/mol. The number of amides is 2. The van der Waals surface area contributed by atoms with Gasteiger partial charge in [0.15, 0.2) is 11.5 Å². The molecule has 0 unspecified atom stereocenters. The molecule has 1 heterocycles. The van der Waals surface area contributed by atoms with Gasteiger partial charge in [0.25, 0.3) is 21.8 Å². The molecule has 0 aliphatic heterocycles. The summed E-state index contributed by atoms with van der Waals surface area (Å²) < 4.78 is 38.2. The third-order valence-corrected chi connectivity index (χ3v) is 7.09. The maximum atomic E-state index is 12.5. The number of rotatable bonds is 9. The molecule has 174 valence electrons. The van der Waals surface area contributed by atoms with Crippen LogP contribution in [0.5, 0.6) is 11.5 Å². The van der Waals surface area contributed by atoms with E-state index in [2.05, 4.69) is 15.6 Å². The van der Waals surface area contributed by atoms with Crippen LogP contribution in [0.2, 0.25) is 0 Å². The lowest BCUT2D eigenvalue weighted by molar-refractivity contribution is 0.0846. The van der Waals surface area contributed by atoms with E-state index in [1.807, 2.05) is 6.92 Å². The fourth-order valence-corrected chi connectivity index (χ4v) is 4.79. The van der Waals surface area contributed by atoms with Crippen LogP contribution >= 0.6 is 11.3 Å². The summed E-state index contributed by atoms with van der Waals surface area (Å²) in [5.74, 6) is -0.261. The first-order chi connectivity index (χ1) is 15.8. The number of hydrogen-bond donors (Lipinski definition) is 3. The number of anilines is 1. The first kappa shape index (κ1) is 24.1. The van der Waals surface area contributed by atoms with Crippen molar-refractivity contribution >= 4 is 38.9 Å². The van der Waals surface area contributed by atoms with Crippen LogP contribution in [0.15, 0.2) is 64.2 Å². The highest BCUT2D eigenvalue weighted by Crippen LogP contribution is 2.28. The van der Waals surface area contributed by atoms with Gasteiger partial charge in [-0.15, -0.1) is 11.3 Å². The van der Waals surface area contributed by atoms with E-state index in [9.17, 15) is 18.0 Å². The minimum Gasteiger partial charge on any atom is -0.493 e. The molecule has 0 saturated heterocycles. The van der Waals surface area contributed by atoms with Gasteiger partial charge in [-0.2, -0.15) is 0 Å². The summed E-state index contributed by atoms with van der Waals surface area (Å²) in [6.45, 7) is 2.49. The number of carbonyl (C=O) groups excluding carboxylic acids is 2. The lowest BCUT2D eigenvalue weighted by atomic mass is 10.2. The molecule has 3 rings (SSSR count). The van der Waals surface area contributed by atoms with Crippen LogP contribution in [0.4, 0.5) is 5.69 Å². The van der Waals surface area contributed by atoms with Gasteiger partial charge in [0.05, 0.1) is 13.7 Å². The number of benzene rings is 2. The van der Waals surface area contributed by atoms with Gasteiger partial charge in [-0.25, -0.2) is 8.42 Å². The van der Waals surface area contributed by atoms with Gasteiger partial charge >= 0.3 is 0 Å². The number of hydrazine groups is 1. The monoisotopic (exact) mass is 489 g/mol. The first-order valence-corrected chi connectivity index (χ1v) is 12.3. The molecule has 2 aromatic carbocycles. The third-order valence-electron chi connectivity index (χ3n) is 4.31. The molecule has 0 saturated carbocycles.